The van der Waals surface area contributed by atoms with Gasteiger partial charge in [-0.25, -0.2) is 14.4 Å². The minimum Gasteiger partial charge on any atom is -0.473 e. The maximum absolute atomic E-state index is 12.4. The van der Waals surface area contributed by atoms with Crippen LogP contribution in [-0.4, -0.2) is 41.5 Å². The highest BCUT2D eigenvalue weighted by Gasteiger charge is 2.50. The molecule has 0 bridgehead atoms. The van der Waals surface area contributed by atoms with E-state index in [0.29, 0.717) is 29.6 Å². The Morgan fingerprint density at radius 3 is 2.79 bits per heavy atom. The highest BCUT2D eigenvalue weighted by Crippen LogP contribution is 2.47. The molecule has 0 aromatic carbocycles. The van der Waals surface area contributed by atoms with Crippen LogP contribution in [0.15, 0.2) is 34.9 Å². The van der Waals surface area contributed by atoms with E-state index in [1.54, 1.807) is 0 Å². The first-order valence-corrected chi connectivity index (χ1v) is 7.55. The van der Waals surface area contributed by atoms with Crippen molar-refractivity contribution in [2.24, 2.45) is 11.8 Å². The zero-order chi connectivity index (χ0) is 17.6. The van der Waals surface area contributed by atoms with Gasteiger partial charge in [0.15, 0.2) is 5.78 Å². The molecule has 0 amide bonds. The molecule has 1 heterocycles. The topological polar surface area (TPSA) is 107 Å². The van der Waals surface area contributed by atoms with Crippen LogP contribution in [0, 0.1) is 11.8 Å². The van der Waals surface area contributed by atoms with Crippen molar-refractivity contribution in [1.29, 1.82) is 0 Å². The lowest BCUT2D eigenvalue weighted by atomic mass is 9.83. The molecule has 0 saturated carbocycles. The van der Waals surface area contributed by atoms with E-state index in [-0.39, 0.29) is 18.3 Å². The Kier molecular flexibility index (Phi) is 3.87. The zero-order valence-electron chi connectivity index (χ0n) is 13.0. The van der Waals surface area contributed by atoms with Crippen LogP contribution in [-0.2, 0) is 28.7 Å². The molecule has 3 unspecified atom stereocenters. The number of esters is 2. The number of fused-ring (bicyclic) bond motifs is 3. The summed E-state index contributed by atoms with van der Waals surface area (Å²) in [5.41, 5.74) is 2.28. The Labute approximate surface area is 137 Å². The van der Waals surface area contributed by atoms with Crippen LogP contribution < -0.4 is 0 Å². The van der Waals surface area contributed by atoms with Gasteiger partial charge in [0.25, 0.3) is 0 Å². The smallest absolute Gasteiger partial charge is 0.417 e. The molecule has 3 atom stereocenters. The highest BCUT2D eigenvalue weighted by atomic mass is 16.6. The van der Waals surface area contributed by atoms with Gasteiger partial charge in [-0.05, 0) is 31.4 Å². The SMILES string of the molecule is C=C1C(=O)OC2C1CCC(C)=C1C(=O)C=C(COC(=O)C(=O)O)C12. The number of aliphatic carboxylic acids is 1. The van der Waals surface area contributed by atoms with Crippen molar-refractivity contribution in [1.82, 2.24) is 0 Å². The standard InChI is InChI=1S/C17H16O7/c1-7-3-4-10-8(2)16(21)24-14(10)13-9(5-11(18)12(7)13)6-23-17(22)15(19)20/h5,10,13-14H,2-4,6H2,1H3,(H,19,20). The maximum atomic E-state index is 12.4. The second-order valence-electron chi connectivity index (χ2n) is 6.18. The van der Waals surface area contributed by atoms with Gasteiger partial charge in [0.2, 0.25) is 0 Å². The molecule has 3 rings (SSSR count). The number of allylic oxidation sites excluding steroid dienone is 2. The normalized spacial score (nSPS) is 28.8. The average molecular weight is 332 g/mol. The van der Waals surface area contributed by atoms with Gasteiger partial charge in [0, 0.05) is 17.1 Å². The summed E-state index contributed by atoms with van der Waals surface area (Å²) >= 11 is 0. The lowest BCUT2D eigenvalue weighted by molar-refractivity contribution is -0.163. The second kappa shape index (κ2) is 5.74. The van der Waals surface area contributed by atoms with Crippen LogP contribution in [0.25, 0.3) is 0 Å². The van der Waals surface area contributed by atoms with Crippen molar-refractivity contribution < 1.29 is 33.8 Å². The van der Waals surface area contributed by atoms with Gasteiger partial charge in [-0.1, -0.05) is 12.2 Å². The number of rotatable bonds is 2. The summed E-state index contributed by atoms with van der Waals surface area (Å²) in [6.45, 7) is 5.31. The van der Waals surface area contributed by atoms with E-state index in [1.165, 1.54) is 6.08 Å². The third kappa shape index (κ3) is 2.46. The van der Waals surface area contributed by atoms with E-state index < -0.39 is 29.9 Å². The molecule has 2 aliphatic carbocycles. The average Bonchev–Trinajstić information content (AvgIpc) is 2.94. The summed E-state index contributed by atoms with van der Waals surface area (Å²) in [4.78, 5) is 46.0. The highest BCUT2D eigenvalue weighted by molar-refractivity contribution is 6.28. The number of carboxylic acids is 1. The third-order valence-electron chi connectivity index (χ3n) is 4.81. The number of carbonyl (C=O) groups is 4. The van der Waals surface area contributed by atoms with Crippen molar-refractivity contribution in [3.05, 3.63) is 34.9 Å². The van der Waals surface area contributed by atoms with Gasteiger partial charge in [0.1, 0.15) is 12.7 Å². The number of hydrogen-bond donors (Lipinski definition) is 1. The van der Waals surface area contributed by atoms with E-state index in [0.717, 1.165) is 5.57 Å². The van der Waals surface area contributed by atoms with Crippen molar-refractivity contribution in [2.75, 3.05) is 6.61 Å². The molecule has 24 heavy (non-hydrogen) atoms. The number of carbonyl (C=O) groups excluding carboxylic acids is 3. The molecule has 0 radical (unpaired) electrons. The molecule has 0 aromatic heterocycles. The number of carboxylic acid groups (broad SMARTS) is 1. The van der Waals surface area contributed by atoms with Gasteiger partial charge in [-0.15, -0.1) is 0 Å². The Morgan fingerprint density at radius 1 is 1.42 bits per heavy atom. The first kappa shape index (κ1) is 16.2. The second-order valence-corrected chi connectivity index (χ2v) is 6.18. The molecule has 1 N–H and O–H groups in total. The predicted molar refractivity (Wildman–Crippen MR) is 79.6 cm³/mol. The first-order chi connectivity index (χ1) is 11.3. The number of hydrogen-bond acceptors (Lipinski definition) is 6. The minimum absolute atomic E-state index is 0.209. The summed E-state index contributed by atoms with van der Waals surface area (Å²) < 4.78 is 10.1. The van der Waals surface area contributed by atoms with Gasteiger partial charge >= 0.3 is 17.9 Å². The number of ketones is 1. The number of ether oxygens (including phenoxy) is 2. The largest absolute Gasteiger partial charge is 0.473 e. The Hall–Kier alpha value is -2.70. The molecule has 7 heteroatoms. The predicted octanol–water partition coefficient (Wildman–Crippen LogP) is 0.948. The van der Waals surface area contributed by atoms with E-state index in [2.05, 4.69) is 6.58 Å². The fourth-order valence-electron chi connectivity index (χ4n) is 3.64. The van der Waals surface area contributed by atoms with Gasteiger partial charge in [-0.3, -0.25) is 4.79 Å². The van der Waals surface area contributed by atoms with Gasteiger partial charge < -0.3 is 14.6 Å². The van der Waals surface area contributed by atoms with Crippen LogP contribution >= 0.6 is 0 Å². The first-order valence-electron chi connectivity index (χ1n) is 7.55. The van der Waals surface area contributed by atoms with Crippen LogP contribution in [0.4, 0.5) is 0 Å². The van der Waals surface area contributed by atoms with Crippen molar-refractivity contribution >= 4 is 23.7 Å². The van der Waals surface area contributed by atoms with Crippen LogP contribution in [0.5, 0.6) is 0 Å². The van der Waals surface area contributed by atoms with Gasteiger partial charge in [0.05, 0.1) is 5.92 Å². The van der Waals surface area contributed by atoms with E-state index in [1.807, 2.05) is 6.92 Å². The molecule has 1 fully saturated rings. The molecule has 7 nitrogen and oxygen atoms in total. The van der Waals surface area contributed by atoms with Crippen molar-refractivity contribution in [3.63, 3.8) is 0 Å². The monoisotopic (exact) mass is 332 g/mol. The summed E-state index contributed by atoms with van der Waals surface area (Å²) in [5.74, 6) is -4.52. The molecule has 3 aliphatic rings. The fourth-order valence-corrected chi connectivity index (χ4v) is 3.64. The third-order valence-corrected chi connectivity index (χ3v) is 4.81. The molecular formula is C17H16O7. The zero-order valence-corrected chi connectivity index (χ0v) is 13.0. The summed E-state index contributed by atoms with van der Waals surface area (Å²) in [7, 11) is 0. The molecular weight excluding hydrogens is 316 g/mol. The summed E-state index contributed by atoms with van der Waals surface area (Å²) in [6.07, 6.45) is 2.07. The Bertz CT molecular complexity index is 740. The Morgan fingerprint density at radius 2 is 2.12 bits per heavy atom. The molecule has 1 saturated heterocycles. The summed E-state index contributed by atoms with van der Waals surface area (Å²) in [6, 6.07) is 0. The molecule has 0 spiro atoms. The molecule has 0 aromatic rings. The fraction of sp³-hybridized carbons (Fsp3) is 0.412. The van der Waals surface area contributed by atoms with Crippen LogP contribution in [0.1, 0.15) is 19.8 Å². The quantitative estimate of drug-likeness (QED) is 0.456. The Balaban J connectivity index is 1.92. The van der Waals surface area contributed by atoms with E-state index in [4.69, 9.17) is 14.6 Å². The lowest BCUT2D eigenvalue weighted by Gasteiger charge is -2.24. The van der Waals surface area contributed by atoms with Crippen LogP contribution in [0.2, 0.25) is 0 Å². The van der Waals surface area contributed by atoms with E-state index in [9.17, 15) is 19.2 Å². The summed E-state index contributed by atoms with van der Waals surface area (Å²) in [5, 5.41) is 8.60. The van der Waals surface area contributed by atoms with Crippen molar-refractivity contribution in [2.45, 2.75) is 25.9 Å². The van der Waals surface area contributed by atoms with Crippen molar-refractivity contribution in [3.8, 4) is 0 Å². The van der Waals surface area contributed by atoms with Gasteiger partial charge in [-0.2, -0.15) is 0 Å². The lowest BCUT2D eigenvalue weighted by Crippen LogP contribution is -2.30. The van der Waals surface area contributed by atoms with Crippen LogP contribution in [0.3, 0.4) is 0 Å². The van der Waals surface area contributed by atoms with E-state index >= 15 is 0 Å². The molecule has 126 valence electrons. The maximum Gasteiger partial charge on any atom is 0.417 e. The molecule has 1 aliphatic heterocycles. The minimum atomic E-state index is -1.70.